The molecule has 0 fully saturated rings. The van der Waals surface area contributed by atoms with Crippen molar-refractivity contribution in [1.82, 2.24) is 5.32 Å². The van der Waals surface area contributed by atoms with E-state index in [0.29, 0.717) is 0 Å². The molecule has 7 heavy (non-hydrogen) atoms. The number of carbonyl (C=O) groups excluding carboxylic acids is 1. The quantitative estimate of drug-likeness (QED) is 0.275. The first-order valence-corrected chi connectivity index (χ1v) is 1.74. The van der Waals surface area contributed by atoms with E-state index in [1.165, 1.54) is 12.5 Å². The molecule has 1 atom stereocenters. The molecule has 3 nitrogen and oxygen atoms in total. The molecule has 0 spiro atoms. The van der Waals surface area contributed by atoms with Crippen molar-refractivity contribution < 1.29 is 9.90 Å². The van der Waals surface area contributed by atoms with E-state index in [1.807, 2.05) is 5.32 Å². The van der Waals surface area contributed by atoms with Gasteiger partial charge < -0.3 is 10.4 Å². The van der Waals surface area contributed by atoms with Crippen molar-refractivity contribution in [3.05, 3.63) is 12.7 Å². The van der Waals surface area contributed by atoms with Crippen LogP contribution in [0, 0.1) is 0 Å². The van der Waals surface area contributed by atoms with Gasteiger partial charge >= 0.3 is 6.41 Å². The summed E-state index contributed by atoms with van der Waals surface area (Å²) in [6.07, 6.45) is 1.52. The molecule has 0 aromatic heterocycles. The third-order valence-corrected chi connectivity index (χ3v) is 0.430. The minimum Gasteiger partial charge on any atom is -0.370 e. The highest BCUT2D eigenvalue weighted by Gasteiger charge is 1.88. The van der Waals surface area contributed by atoms with Crippen LogP contribution in [0.2, 0.25) is 0 Å². The Hall–Kier alpha value is -0.830. The molecule has 39 valence electrons. The van der Waals surface area contributed by atoms with Gasteiger partial charge in [-0.2, -0.15) is 0 Å². The van der Waals surface area contributed by atoms with Gasteiger partial charge in [0, 0.05) is 0 Å². The van der Waals surface area contributed by atoms with Crippen LogP contribution in [0.5, 0.6) is 0 Å². The van der Waals surface area contributed by atoms with Gasteiger partial charge in [0.1, 0.15) is 6.23 Å². The number of rotatable bonds is 3. The Kier molecular flexibility index (Phi) is 2.96. The fourth-order valence-electron chi connectivity index (χ4n) is 0.119. The molecular formula is C4H6NO2. The highest BCUT2D eigenvalue weighted by atomic mass is 16.3. The summed E-state index contributed by atoms with van der Waals surface area (Å²) in [7, 11) is 0. The predicted octanol–water partition coefficient (Wildman–Crippen LogP) is -0.852. The molecule has 1 unspecified atom stereocenters. The number of amides is 1. The van der Waals surface area contributed by atoms with Gasteiger partial charge in [0.15, 0.2) is 0 Å². The second-order valence-corrected chi connectivity index (χ2v) is 0.927. The Morgan fingerprint density at radius 3 is 2.71 bits per heavy atom. The second kappa shape index (κ2) is 3.36. The number of hydrogen-bond acceptors (Lipinski definition) is 2. The van der Waals surface area contributed by atoms with Gasteiger partial charge in [-0.25, -0.2) is 0 Å². The summed E-state index contributed by atoms with van der Waals surface area (Å²) in [4.78, 5) is 9.33. The Morgan fingerprint density at radius 2 is 2.57 bits per heavy atom. The maximum absolute atomic E-state index is 9.33. The van der Waals surface area contributed by atoms with Crippen molar-refractivity contribution in [2.45, 2.75) is 6.23 Å². The number of hydrogen-bond donors (Lipinski definition) is 2. The van der Waals surface area contributed by atoms with Crippen molar-refractivity contribution >= 4 is 6.41 Å². The van der Waals surface area contributed by atoms with Crippen molar-refractivity contribution in [3.8, 4) is 0 Å². The van der Waals surface area contributed by atoms with E-state index in [0.717, 1.165) is 0 Å². The van der Waals surface area contributed by atoms with E-state index in [2.05, 4.69) is 6.58 Å². The number of aliphatic hydroxyl groups excluding tert-OH is 1. The highest BCUT2D eigenvalue weighted by Crippen LogP contribution is 1.69. The summed E-state index contributed by atoms with van der Waals surface area (Å²) in [5.41, 5.74) is 0. The van der Waals surface area contributed by atoms with Gasteiger partial charge in [-0.1, -0.05) is 6.58 Å². The maximum Gasteiger partial charge on any atom is 0.311 e. The summed E-state index contributed by atoms with van der Waals surface area (Å²) >= 11 is 0. The van der Waals surface area contributed by atoms with E-state index >= 15 is 0 Å². The van der Waals surface area contributed by atoms with Gasteiger partial charge in [-0.15, -0.1) is 0 Å². The lowest BCUT2D eigenvalue weighted by molar-refractivity contribution is 0.207. The van der Waals surface area contributed by atoms with Crippen LogP contribution in [0.1, 0.15) is 0 Å². The van der Waals surface area contributed by atoms with Crippen LogP contribution in [-0.2, 0) is 4.79 Å². The lowest BCUT2D eigenvalue weighted by atomic mass is 10.6. The van der Waals surface area contributed by atoms with E-state index < -0.39 is 6.23 Å². The van der Waals surface area contributed by atoms with E-state index in [9.17, 15) is 4.79 Å². The average molecular weight is 100 g/mol. The molecule has 1 amide bonds. The molecule has 1 radical (unpaired) electrons. The summed E-state index contributed by atoms with van der Waals surface area (Å²) in [5.74, 6) is 0. The fraction of sp³-hybridized carbons (Fsp3) is 0.250. The summed E-state index contributed by atoms with van der Waals surface area (Å²) in [6.45, 7) is 3.19. The smallest absolute Gasteiger partial charge is 0.311 e. The zero-order valence-corrected chi connectivity index (χ0v) is 3.72. The highest BCUT2D eigenvalue weighted by molar-refractivity contribution is 5.47. The molecular weight excluding hydrogens is 94.0 g/mol. The molecule has 0 saturated carbocycles. The molecule has 0 aliphatic carbocycles. The predicted molar refractivity (Wildman–Crippen MR) is 25.0 cm³/mol. The van der Waals surface area contributed by atoms with Crippen molar-refractivity contribution in [2.75, 3.05) is 0 Å². The fourth-order valence-corrected chi connectivity index (χ4v) is 0.119. The SMILES string of the molecule is C=CC(O)N[C]=O. The topological polar surface area (TPSA) is 49.3 Å². The van der Waals surface area contributed by atoms with Gasteiger partial charge in [0.05, 0.1) is 0 Å². The van der Waals surface area contributed by atoms with Gasteiger partial charge in [0.25, 0.3) is 0 Å². The Bertz CT molecular complexity index is 72.1. The van der Waals surface area contributed by atoms with Crippen LogP contribution in [0.15, 0.2) is 12.7 Å². The minimum atomic E-state index is -0.961. The molecule has 3 heteroatoms. The molecule has 0 aliphatic heterocycles. The first-order chi connectivity index (χ1) is 3.31. The van der Waals surface area contributed by atoms with Crippen LogP contribution in [0.25, 0.3) is 0 Å². The maximum atomic E-state index is 9.33. The Morgan fingerprint density at radius 1 is 2.00 bits per heavy atom. The molecule has 0 aromatic carbocycles. The van der Waals surface area contributed by atoms with Gasteiger partial charge in [0.2, 0.25) is 0 Å². The Labute approximate surface area is 41.7 Å². The van der Waals surface area contributed by atoms with Crippen molar-refractivity contribution in [3.63, 3.8) is 0 Å². The van der Waals surface area contributed by atoms with Crippen LogP contribution < -0.4 is 5.32 Å². The number of nitrogens with one attached hydrogen (secondary N) is 1. The minimum absolute atomic E-state index is 0.961. The molecule has 0 rings (SSSR count). The first-order valence-electron chi connectivity index (χ1n) is 1.74. The molecule has 0 aliphatic rings. The van der Waals surface area contributed by atoms with Crippen LogP contribution in [0.3, 0.4) is 0 Å². The molecule has 0 aromatic rings. The molecule has 0 saturated heterocycles. The van der Waals surface area contributed by atoms with Crippen molar-refractivity contribution in [1.29, 1.82) is 0 Å². The monoisotopic (exact) mass is 100 g/mol. The van der Waals surface area contributed by atoms with Crippen LogP contribution >= 0.6 is 0 Å². The third-order valence-electron chi connectivity index (χ3n) is 0.430. The lowest BCUT2D eigenvalue weighted by Crippen LogP contribution is -2.23. The Balaban J connectivity index is 3.15. The molecule has 2 N–H and O–H groups in total. The normalized spacial score (nSPS) is 12.1. The number of aliphatic hydroxyl groups is 1. The zero-order valence-electron chi connectivity index (χ0n) is 3.72. The zero-order chi connectivity index (χ0) is 5.70. The van der Waals surface area contributed by atoms with Gasteiger partial charge in [-0.05, 0) is 6.08 Å². The van der Waals surface area contributed by atoms with Crippen LogP contribution in [-0.4, -0.2) is 17.7 Å². The van der Waals surface area contributed by atoms with Gasteiger partial charge in [-0.3, -0.25) is 4.79 Å². The average Bonchev–Trinajstić information content (AvgIpc) is 1.68. The molecule has 0 bridgehead atoms. The standard InChI is InChI=1S/C4H6NO2/c1-2-4(7)5-3-6/h2,4,7H,1H2,(H,5,6). The van der Waals surface area contributed by atoms with Crippen molar-refractivity contribution in [2.24, 2.45) is 0 Å². The summed E-state index contributed by atoms with van der Waals surface area (Å²) in [5, 5.41) is 10.3. The first kappa shape index (κ1) is 6.17. The summed E-state index contributed by atoms with van der Waals surface area (Å²) < 4.78 is 0. The van der Waals surface area contributed by atoms with E-state index in [1.54, 1.807) is 0 Å². The third kappa shape index (κ3) is 2.99. The van der Waals surface area contributed by atoms with E-state index in [-0.39, 0.29) is 0 Å². The summed E-state index contributed by atoms with van der Waals surface area (Å²) in [6, 6.07) is 0. The van der Waals surface area contributed by atoms with E-state index in [4.69, 9.17) is 5.11 Å². The second-order valence-electron chi connectivity index (χ2n) is 0.927. The largest absolute Gasteiger partial charge is 0.370 e. The lowest BCUT2D eigenvalue weighted by Gasteiger charge is -1.96. The molecule has 0 heterocycles. The van der Waals surface area contributed by atoms with Crippen LogP contribution in [0.4, 0.5) is 0 Å².